The first-order valence-electron chi connectivity index (χ1n) is 7.52. The van der Waals surface area contributed by atoms with Gasteiger partial charge in [-0.1, -0.05) is 25.4 Å². The van der Waals surface area contributed by atoms with Crippen molar-refractivity contribution in [3.05, 3.63) is 41.6 Å². The van der Waals surface area contributed by atoms with Gasteiger partial charge in [0.05, 0.1) is 0 Å². The monoisotopic (exact) mass is 331 g/mol. The SMILES string of the molecule is CCN(CC)Cc1cc(-n2cnc3c(Cl)ncnc32)ccc1O. The molecule has 0 saturated heterocycles. The molecule has 0 aliphatic heterocycles. The summed E-state index contributed by atoms with van der Waals surface area (Å²) in [6, 6.07) is 5.48. The minimum absolute atomic E-state index is 0.290. The molecule has 2 aromatic heterocycles. The lowest BCUT2D eigenvalue weighted by molar-refractivity contribution is 0.291. The zero-order valence-electron chi connectivity index (χ0n) is 13.1. The summed E-state index contributed by atoms with van der Waals surface area (Å²) in [7, 11) is 0. The van der Waals surface area contributed by atoms with E-state index in [1.807, 2.05) is 16.7 Å². The number of aromatic nitrogens is 4. The Morgan fingerprint density at radius 2 is 1.96 bits per heavy atom. The summed E-state index contributed by atoms with van der Waals surface area (Å²) in [5.74, 6) is 0.290. The van der Waals surface area contributed by atoms with Crippen LogP contribution in [0.2, 0.25) is 5.15 Å². The molecule has 2 heterocycles. The van der Waals surface area contributed by atoms with Crippen LogP contribution < -0.4 is 0 Å². The van der Waals surface area contributed by atoms with Gasteiger partial charge in [-0.2, -0.15) is 0 Å². The van der Waals surface area contributed by atoms with Crippen LogP contribution in [-0.4, -0.2) is 42.6 Å². The smallest absolute Gasteiger partial charge is 0.169 e. The number of benzene rings is 1. The Kier molecular flexibility index (Phi) is 4.45. The summed E-state index contributed by atoms with van der Waals surface area (Å²) in [6.45, 7) is 6.75. The maximum atomic E-state index is 10.1. The summed E-state index contributed by atoms with van der Waals surface area (Å²) in [4.78, 5) is 14.7. The third-order valence-corrected chi connectivity index (χ3v) is 4.20. The minimum atomic E-state index is 0.290. The molecule has 0 spiro atoms. The van der Waals surface area contributed by atoms with Crippen LogP contribution in [0.4, 0.5) is 0 Å². The van der Waals surface area contributed by atoms with Gasteiger partial charge >= 0.3 is 0 Å². The molecule has 0 fully saturated rings. The van der Waals surface area contributed by atoms with Crippen LogP contribution in [0.25, 0.3) is 16.9 Å². The minimum Gasteiger partial charge on any atom is -0.508 e. The normalized spacial score (nSPS) is 11.5. The molecule has 7 heteroatoms. The summed E-state index contributed by atoms with van der Waals surface area (Å²) in [6.07, 6.45) is 3.08. The van der Waals surface area contributed by atoms with Crippen LogP contribution >= 0.6 is 11.6 Å². The van der Waals surface area contributed by atoms with Crippen molar-refractivity contribution in [1.82, 2.24) is 24.4 Å². The van der Waals surface area contributed by atoms with Gasteiger partial charge in [0.25, 0.3) is 0 Å². The van der Waals surface area contributed by atoms with Gasteiger partial charge in [-0.15, -0.1) is 0 Å². The largest absolute Gasteiger partial charge is 0.508 e. The molecule has 0 aliphatic rings. The van der Waals surface area contributed by atoms with Crippen molar-refractivity contribution in [2.75, 3.05) is 13.1 Å². The van der Waals surface area contributed by atoms with E-state index in [1.54, 1.807) is 12.4 Å². The van der Waals surface area contributed by atoms with Gasteiger partial charge in [-0.05, 0) is 31.3 Å². The van der Waals surface area contributed by atoms with E-state index >= 15 is 0 Å². The number of rotatable bonds is 5. The van der Waals surface area contributed by atoms with Crippen molar-refractivity contribution < 1.29 is 5.11 Å². The fraction of sp³-hybridized carbons (Fsp3) is 0.312. The zero-order valence-corrected chi connectivity index (χ0v) is 13.8. The summed E-state index contributed by atoms with van der Waals surface area (Å²) in [5.41, 5.74) is 2.95. The molecule has 1 N–H and O–H groups in total. The lowest BCUT2D eigenvalue weighted by Gasteiger charge is -2.19. The molecular formula is C16H18ClN5O. The molecule has 0 radical (unpaired) electrons. The molecule has 3 rings (SSSR count). The van der Waals surface area contributed by atoms with Gasteiger partial charge in [0.2, 0.25) is 0 Å². The molecule has 0 bridgehead atoms. The molecule has 1 aromatic carbocycles. The van der Waals surface area contributed by atoms with E-state index in [-0.39, 0.29) is 5.75 Å². The maximum Gasteiger partial charge on any atom is 0.169 e. The van der Waals surface area contributed by atoms with Crippen molar-refractivity contribution in [1.29, 1.82) is 0 Å². The molecule has 23 heavy (non-hydrogen) atoms. The standard InChI is InChI=1S/C16H18ClN5O/c1-3-21(4-2)8-11-7-12(5-6-13(11)23)22-10-20-14-15(17)18-9-19-16(14)22/h5-7,9-10,23H,3-4,8H2,1-2H3. The molecule has 0 amide bonds. The van der Waals surface area contributed by atoms with E-state index in [0.717, 1.165) is 24.3 Å². The summed E-state index contributed by atoms with van der Waals surface area (Å²) in [5, 5.41) is 10.5. The Bertz CT molecular complexity index is 828. The average molecular weight is 332 g/mol. The van der Waals surface area contributed by atoms with Crippen molar-refractivity contribution in [2.24, 2.45) is 0 Å². The fourth-order valence-corrected chi connectivity index (χ4v) is 2.71. The van der Waals surface area contributed by atoms with Crippen LogP contribution in [-0.2, 0) is 6.54 Å². The molecule has 0 unspecified atom stereocenters. The van der Waals surface area contributed by atoms with Crippen molar-refractivity contribution in [3.8, 4) is 11.4 Å². The van der Waals surface area contributed by atoms with Crippen LogP contribution in [0.5, 0.6) is 5.75 Å². The Balaban J connectivity index is 2.04. The van der Waals surface area contributed by atoms with Gasteiger partial charge in [-0.3, -0.25) is 9.47 Å². The highest BCUT2D eigenvalue weighted by molar-refractivity contribution is 6.33. The highest BCUT2D eigenvalue weighted by Crippen LogP contribution is 2.25. The lowest BCUT2D eigenvalue weighted by atomic mass is 10.1. The van der Waals surface area contributed by atoms with E-state index in [0.29, 0.717) is 22.9 Å². The number of fused-ring (bicyclic) bond motifs is 1. The number of aromatic hydroxyl groups is 1. The predicted molar refractivity (Wildman–Crippen MR) is 90.0 cm³/mol. The first-order chi connectivity index (χ1) is 11.1. The number of imidazole rings is 1. The molecule has 3 aromatic rings. The van der Waals surface area contributed by atoms with Gasteiger partial charge in [-0.25, -0.2) is 15.0 Å². The molecule has 0 atom stereocenters. The maximum absolute atomic E-state index is 10.1. The molecule has 0 aliphatic carbocycles. The number of hydrogen-bond donors (Lipinski definition) is 1. The van der Waals surface area contributed by atoms with E-state index in [4.69, 9.17) is 11.6 Å². The van der Waals surface area contributed by atoms with Crippen molar-refractivity contribution in [3.63, 3.8) is 0 Å². The number of phenolic OH excluding ortho intramolecular Hbond substituents is 1. The number of phenols is 1. The Morgan fingerprint density at radius 1 is 1.17 bits per heavy atom. The predicted octanol–water partition coefficient (Wildman–Crippen LogP) is 3.02. The van der Waals surface area contributed by atoms with E-state index in [1.165, 1.54) is 6.33 Å². The van der Waals surface area contributed by atoms with Gasteiger partial charge in [0.15, 0.2) is 10.8 Å². The Morgan fingerprint density at radius 3 is 2.70 bits per heavy atom. The van der Waals surface area contributed by atoms with E-state index < -0.39 is 0 Å². The first-order valence-corrected chi connectivity index (χ1v) is 7.90. The quantitative estimate of drug-likeness (QED) is 0.728. The van der Waals surface area contributed by atoms with Crippen molar-refractivity contribution >= 4 is 22.8 Å². The Labute approximate surface area is 139 Å². The Hall–Kier alpha value is -2.18. The van der Waals surface area contributed by atoms with Crippen LogP contribution in [0.3, 0.4) is 0 Å². The van der Waals surface area contributed by atoms with Crippen LogP contribution in [0, 0.1) is 0 Å². The van der Waals surface area contributed by atoms with Crippen LogP contribution in [0.15, 0.2) is 30.9 Å². The molecule has 0 saturated carbocycles. The highest BCUT2D eigenvalue weighted by atomic mass is 35.5. The average Bonchev–Trinajstić information content (AvgIpc) is 2.99. The van der Waals surface area contributed by atoms with Gasteiger partial charge in [0.1, 0.15) is 23.9 Å². The molecular weight excluding hydrogens is 314 g/mol. The molecule has 6 nitrogen and oxygen atoms in total. The molecule has 120 valence electrons. The zero-order chi connectivity index (χ0) is 16.4. The van der Waals surface area contributed by atoms with Gasteiger partial charge < -0.3 is 5.11 Å². The number of hydrogen-bond acceptors (Lipinski definition) is 5. The second kappa shape index (κ2) is 6.52. The van der Waals surface area contributed by atoms with E-state index in [9.17, 15) is 5.11 Å². The summed E-state index contributed by atoms with van der Waals surface area (Å²) < 4.78 is 1.84. The topological polar surface area (TPSA) is 67.1 Å². The third-order valence-electron chi connectivity index (χ3n) is 3.92. The highest BCUT2D eigenvalue weighted by Gasteiger charge is 2.12. The lowest BCUT2D eigenvalue weighted by Crippen LogP contribution is -2.22. The number of nitrogens with zero attached hydrogens (tertiary/aromatic N) is 5. The second-order valence-corrected chi connectivity index (χ2v) is 5.58. The van der Waals surface area contributed by atoms with Crippen LogP contribution in [0.1, 0.15) is 19.4 Å². The second-order valence-electron chi connectivity index (χ2n) is 5.23. The fourth-order valence-electron chi connectivity index (χ4n) is 2.53. The first kappa shape index (κ1) is 15.7. The summed E-state index contributed by atoms with van der Waals surface area (Å²) >= 11 is 6.05. The van der Waals surface area contributed by atoms with E-state index in [2.05, 4.69) is 33.7 Å². The van der Waals surface area contributed by atoms with Crippen molar-refractivity contribution in [2.45, 2.75) is 20.4 Å². The third kappa shape index (κ3) is 3.00. The van der Waals surface area contributed by atoms with Gasteiger partial charge in [0, 0.05) is 17.8 Å². The number of halogens is 1.